The number of aryl methyl sites for hydroxylation is 2. The summed E-state index contributed by atoms with van der Waals surface area (Å²) in [5.74, 6) is 1.52. The van der Waals surface area contributed by atoms with Crippen LogP contribution < -0.4 is 4.74 Å². The Kier molecular flexibility index (Phi) is 4.07. The molecule has 1 amide bonds. The largest absolute Gasteiger partial charge is 0.491 e. The van der Waals surface area contributed by atoms with E-state index in [0.717, 1.165) is 22.6 Å². The first-order valence-corrected chi connectivity index (χ1v) is 7.53. The normalized spacial score (nSPS) is 14.2. The number of carbonyl (C=O) groups excluding carboxylic acids is 1. The molecule has 6 heteroatoms. The van der Waals surface area contributed by atoms with Crippen molar-refractivity contribution in [1.82, 2.24) is 10.1 Å². The first kappa shape index (κ1) is 14.9. The van der Waals surface area contributed by atoms with Crippen LogP contribution >= 0.6 is 11.6 Å². The summed E-state index contributed by atoms with van der Waals surface area (Å²) < 4.78 is 10.8. The van der Waals surface area contributed by atoms with Crippen molar-refractivity contribution in [2.24, 2.45) is 0 Å². The number of rotatable bonds is 2. The highest BCUT2D eigenvalue weighted by Gasteiger charge is 2.22. The second kappa shape index (κ2) is 6.01. The third-order valence-electron chi connectivity index (χ3n) is 3.86. The Balaban J connectivity index is 1.78. The second-order valence-electron chi connectivity index (χ2n) is 5.40. The summed E-state index contributed by atoms with van der Waals surface area (Å²) in [5, 5.41) is 4.53. The number of fused-ring (bicyclic) bond motifs is 1. The van der Waals surface area contributed by atoms with E-state index >= 15 is 0 Å². The number of carbonyl (C=O) groups is 1. The molecule has 1 aliphatic rings. The number of aromatic nitrogens is 1. The van der Waals surface area contributed by atoms with Gasteiger partial charge in [-0.25, -0.2) is 0 Å². The molecular weight excluding hydrogens is 304 g/mol. The Labute approximate surface area is 133 Å². The first-order valence-electron chi connectivity index (χ1n) is 7.15. The monoisotopic (exact) mass is 320 g/mol. The van der Waals surface area contributed by atoms with Crippen molar-refractivity contribution in [3.8, 4) is 5.75 Å². The van der Waals surface area contributed by atoms with E-state index in [0.29, 0.717) is 30.5 Å². The SMILES string of the molecule is Cc1noc(C)c1CC(=O)N1CCOc2ccc(Cl)cc2C1. The number of hydrogen-bond donors (Lipinski definition) is 0. The third kappa shape index (κ3) is 2.95. The summed E-state index contributed by atoms with van der Waals surface area (Å²) in [6.07, 6.45) is 0.289. The van der Waals surface area contributed by atoms with Gasteiger partial charge in [0.15, 0.2) is 0 Å². The van der Waals surface area contributed by atoms with Crippen molar-refractivity contribution in [2.75, 3.05) is 13.2 Å². The molecule has 116 valence electrons. The molecule has 0 radical (unpaired) electrons. The lowest BCUT2D eigenvalue weighted by atomic mass is 10.1. The van der Waals surface area contributed by atoms with E-state index in [1.54, 1.807) is 11.0 Å². The van der Waals surface area contributed by atoms with Crippen molar-refractivity contribution in [3.63, 3.8) is 0 Å². The Hall–Kier alpha value is -2.01. The summed E-state index contributed by atoms with van der Waals surface area (Å²) in [6, 6.07) is 5.49. The minimum Gasteiger partial charge on any atom is -0.491 e. The molecule has 2 aromatic rings. The number of benzene rings is 1. The zero-order valence-corrected chi connectivity index (χ0v) is 13.3. The van der Waals surface area contributed by atoms with Gasteiger partial charge in [0.25, 0.3) is 0 Å². The van der Waals surface area contributed by atoms with Gasteiger partial charge in [-0.3, -0.25) is 4.79 Å². The van der Waals surface area contributed by atoms with Gasteiger partial charge in [0.1, 0.15) is 18.1 Å². The van der Waals surface area contributed by atoms with Gasteiger partial charge in [0, 0.05) is 22.7 Å². The van der Waals surface area contributed by atoms with Crippen LogP contribution in [0.1, 0.15) is 22.6 Å². The van der Waals surface area contributed by atoms with E-state index in [9.17, 15) is 4.79 Å². The maximum atomic E-state index is 12.6. The maximum Gasteiger partial charge on any atom is 0.227 e. The molecule has 0 bridgehead atoms. The Morgan fingerprint density at radius 2 is 2.23 bits per heavy atom. The molecule has 0 aliphatic carbocycles. The van der Waals surface area contributed by atoms with Crippen molar-refractivity contribution < 1.29 is 14.1 Å². The van der Waals surface area contributed by atoms with Crippen LogP contribution in [-0.2, 0) is 17.8 Å². The molecule has 1 aliphatic heterocycles. The summed E-state index contributed by atoms with van der Waals surface area (Å²) in [4.78, 5) is 14.4. The number of nitrogens with zero attached hydrogens (tertiary/aromatic N) is 2. The van der Waals surface area contributed by atoms with E-state index in [2.05, 4.69) is 5.16 Å². The van der Waals surface area contributed by atoms with E-state index < -0.39 is 0 Å². The highest BCUT2D eigenvalue weighted by Crippen LogP contribution is 2.26. The highest BCUT2D eigenvalue weighted by molar-refractivity contribution is 6.30. The lowest BCUT2D eigenvalue weighted by Gasteiger charge is -2.19. The number of halogens is 1. The van der Waals surface area contributed by atoms with Gasteiger partial charge in [-0.15, -0.1) is 0 Å². The fourth-order valence-electron chi connectivity index (χ4n) is 2.59. The molecule has 0 saturated carbocycles. The average Bonchev–Trinajstić information content (AvgIpc) is 2.71. The molecule has 2 heterocycles. The van der Waals surface area contributed by atoms with Gasteiger partial charge in [0.05, 0.1) is 18.7 Å². The zero-order chi connectivity index (χ0) is 15.7. The topological polar surface area (TPSA) is 55.6 Å². The number of ether oxygens (including phenoxy) is 1. The lowest BCUT2D eigenvalue weighted by Crippen LogP contribution is -2.33. The van der Waals surface area contributed by atoms with Crippen LogP contribution in [0.5, 0.6) is 5.75 Å². The molecule has 5 nitrogen and oxygen atoms in total. The molecule has 22 heavy (non-hydrogen) atoms. The van der Waals surface area contributed by atoms with Crippen molar-refractivity contribution >= 4 is 17.5 Å². The average molecular weight is 321 g/mol. The van der Waals surface area contributed by atoms with Crippen LogP contribution in [0, 0.1) is 13.8 Å². The van der Waals surface area contributed by atoms with Crippen LogP contribution in [-0.4, -0.2) is 29.1 Å². The zero-order valence-electron chi connectivity index (χ0n) is 12.6. The molecule has 1 aromatic carbocycles. The van der Waals surface area contributed by atoms with Crippen LogP contribution in [0.25, 0.3) is 0 Å². The molecular formula is C16H17ClN2O3. The van der Waals surface area contributed by atoms with Gasteiger partial charge in [-0.1, -0.05) is 16.8 Å². The van der Waals surface area contributed by atoms with E-state index in [1.165, 1.54) is 0 Å². The Morgan fingerprint density at radius 1 is 1.41 bits per heavy atom. The predicted octanol–water partition coefficient (Wildman–Crippen LogP) is 2.91. The molecule has 0 spiro atoms. The minimum atomic E-state index is 0.0332. The standard InChI is InChI=1S/C16H17ClN2O3/c1-10-14(11(2)22-18-10)8-16(20)19-5-6-21-15-4-3-13(17)7-12(15)9-19/h3-4,7H,5-6,8-9H2,1-2H3. The second-order valence-corrected chi connectivity index (χ2v) is 5.83. The molecule has 3 rings (SSSR count). The molecule has 0 unspecified atom stereocenters. The van der Waals surface area contributed by atoms with Gasteiger partial charge < -0.3 is 14.2 Å². The summed E-state index contributed by atoms with van der Waals surface area (Å²) >= 11 is 6.03. The number of amides is 1. The molecule has 0 saturated heterocycles. The van der Waals surface area contributed by atoms with Gasteiger partial charge in [0.2, 0.25) is 5.91 Å². The molecule has 0 fully saturated rings. The van der Waals surface area contributed by atoms with E-state index in [4.69, 9.17) is 20.9 Å². The van der Waals surface area contributed by atoms with Gasteiger partial charge in [-0.2, -0.15) is 0 Å². The van der Waals surface area contributed by atoms with Crippen LogP contribution in [0.4, 0.5) is 0 Å². The van der Waals surface area contributed by atoms with Gasteiger partial charge >= 0.3 is 0 Å². The lowest BCUT2D eigenvalue weighted by molar-refractivity contribution is -0.131. The highest BCUT2D eigenvalue weighted by atomic mass is 35.5. The summed E-state index contributed by atoms with van der Waals surface area (Å²) in [6.45, 7) is 5.19. The predicted molar refractivity (Wildman–Crippen MR) is 82.0 cm³/mol. The van der Waals surface area contributed by atoms with Crippen LogP contribution in [0.3, 0.4) is 0 Å². The fraction of sp³-hybridized carbons (Fsp3) is 0.375. The quantitative estimate of drug-likeness (QED) is 0.853. The Morgan fingerprint density at radius 3 is 2.95 bits per heavy atom. The van der Waals surface area contributed by atoms with Crippen molar-refractivity contribution in [3.05, 3.63) is 45.8 Å². The molecule has 0 N–H and O–H groups in total. The fourth-order valence-corrected chi connectivity index (χ4v) is 2.79. The van der Waals surface area contributed by atoms with Crippen LogP contribution in [0.15, 0.2) is 22.7 Å². The molecule has 1 aromatic heterocycles. The Bertz CT molecular complexity index is 692. The third-order valence-corrected chi connectivity index (χ3v) is 4.10. The number of hydrogen-bond acceptors (Lipinski definition) is 4. The van der Waals surface area contributed by atoms with E-state index in [-0.39, 0.29) is 12.3 Å². The minimum absolute atomic E-state index is 0.0332. The van der Waals surface area contributed by atoms with Gasteiger partial charge in [-0.05, 0) is 32.0 Å². The van der Waals surface area contributed by atoms with E-state index in [1.807, 2.05) is 26.0 Å². The first-order chi connectivity index (χ1) is 10.5. The van der Waals surface area contributed by atoms with Crippen molar-refractivity contribution in [2.45, 2.75) is 26.8 Å². The maximum absolute atomic E-state index is 12.6. The summed E-state index contributed by atoms with van der Waals surface area (Å²) in [5.41, 5.74) is 2.55. The van der Waals surface area contributed by atoms with Crippen molar-refractivity contribution in [1.29, 1.82) is 0 Å². The summed E-state index contributed by atoms with van der Waals surface area (Å²) in [7, 11) is 0. The smallest absolute Gasteiger partial charge is 0.227 e. The molecule has 0 atom stereocenters. The van der Waals surface area contributed by atoms with Crippen LogP contribution in [0.2, 0.25) is 5.02 Å².